The first kappa shape index (κ1) is 15.8. The maximum Gasteiger partial charge on any atom is 0.387 e. The fourth-order valence-corrected chi connectivity index (χ4v) is 2.32. The number of halogens is 2. The molecule has 1 heterocycles. The smallest absolute Gasteiger partial charge is 0.387 e. The van der Waals surface area contributed by atoms with E-state index in [0.717, 1.165) is 0 Å². The normalized spacial score (nSPS) is 17.5. The molecule has 9 heteroatoms. The van der Waals surface area contributed by atoms with Crippen molar-refractivity contribution in [3.05, 3.63) is 28.6 Å². The zero-order valence-corrected chi connectivity index (χ0v) is 11.8. The molecule has 22 heavy (non-hydrogen) atoms. The summed E-state index contributed by atoms with van der Waals surface area (Å²) in [5, 5.41) is 3.47. The van der Waals surface area contributed by atoms with Crippen LogP contribution in [-0.4, -0.2) is 32.7 Å². The zero-order chi connectivity index (χ0) is 16.1. The minimum absolute atomic E-state index is 0.0635. The molecule has 1 amide bonds. The third-order valence-electron chi connectivity index (χ3n) is 3.28. The van der Waals surface area contributed by atoms with E-state index in [9.17, 15) is 13.6 Å². The first-order valence-corrected chi connectivity index (χ1v) is 6.49. The van der Waals surface area contributed by atoms with E-state index >= 15 is 0 Å². The Morgan fingerprint density at radius 1 is 1.50 bits per heavy atom. The van der Waals surface area contributed by atoms with Crippen molar-refractivity contribution in [1.82, 2.24) is 0 Å². The maximum atomic E-state index is 12.3. The van der Waals surface area contributed by atoms with Crippen LogP contribution in [0, 0.1) is 5.92 Å². The van der Waals surface area contributed by atoms with Gasteiger partial charge in [-0.1, -0.05) is 5.11 Å². The number of amides is 1. The lowest BCUT2D eigenvalue weighted by Crippen LogP contribution is -2.24. The highest BCUT2D eigenvalue weighted by molar-refractivity contribution is 5.96. The van der Waals surface area contributed by atoms with Gasteiger partial charge in [0.25, 0.3) is 0 Å². The summed E-state index contributed by atoms with van der Waals surface area (Å²) in [5.41, 5.74) is 8.83. The van der Waals surface area contributed by atoms with Crippen LogP contribution in [0.15, 0.2) is 23.3 Å². The van der Waals surface area contributed by atoms with Crippen molar-refractivity contribution in [3.63, 3.8) is 0 Å². The maximum absolute atomic E-state index is 12.3. The number of anilines is 1. The Morgan fingerprint density at radius 3 is 2.91 bits per heavy atom. The highest BCUT2D eigenvalue weighted by Crippen LogP contribution is 2.35. The lowest BCUT2D eigenvalue weighted by Gasteiger charge is -2.18. The molecule has 0 N–H and O–H groups in total. The molecular formula is C13H14F2N4O3. The Balaban J connectivity index is 2.18. The molecule has 118 valence electrons. The minimum Gasteiger partial charge on any atom is -0.493 e. The lowest BCUT2D eigenvalue weighted by atomic mass is 10.1. The average Bonchev–Trinajstić information content (AvgIpc) is 2.86. The molecule has 1 aliphatic heterocycles. The monoisotopic (exact) mass is 312 g/mol. The van der Waals surface area contributed by atoms with E-state index in [2.05, 4.69) is 14.8 Å². The van der Waals surface area contributed by atoms with Gasteiger partial charge in [0.05, 0.1) is 7.11 Å². The predicted octanol–water partition coefficient (Wildman–Crippen LogP) is 2.96. The number of hydrogen-bond acceptors (Lipinski definition) is 4. The van der Waals surface area contributed by atoms with Gasteiger partial charge < -0.3 is 14.4 Å². The summed E-state index contributed by atoms with van der Waals surface area (Å²) in [4.78, 5) is 16.2. The molecule has 0 radical (unpaired) electrons. The van der Waals surface area contributed by atoms with E-state index in [0.29, 0.717) is 12.2 Å². The second kappa shape index (κ2) is 6.95. The SMILES string of the molecule is COc1cc(N2CC(CN=[N+]=[N-])CC2=O)ccc1OC(F)F. The largest absolute Gasteiger partial charge is 0.493 e. The average molecular weight is 312 g/mol. The van der Waals surface area contributed by atoms with Gasteiger partial charge in [0.2, 0.25) is 5.91 Å². The third kappa shape index (κ3) is 3.56. The molecule has 1 unspecified atom stereocenters. The Kier molecular flexibility index (Phi) is 5.00. The van der Waals surface area contributed by atoms with Crippen molar-refractivity contribution < 1.29 is 23.0 Å². The number of carbonyl (C=O) groups is 1. The molecule has 0 aromatic heterocycles. The Morgan fingerprint density at radius 2 is 2.27 bits per heavy atom. The number of methoxy groups -OCH3 is 1. The number of benzene rings is 1. The Labute approximate surface area is 125 Å². The van der Waals surface area contributed by atoms with Gasteiger partial charge in [-0.3, -0.25) is 4.79 Å². The first-order chi connectivity index (χ1) is 10.5. The van der Waals surface area contributed by atoms with Crippen molar-refractivity contribution in [2.75, 3.05) is 25.1 Å². The van der Waals surface area contributed by atoms with E-state index < -0.39 is 6.61 Å². The van der Waals surface area contributed by atoms with E-state index in [1.165, 1.54) is 30.2 Å². The molecule has 2 rings (SSSR count). The van der Waals surface area contributed by atoms with Gasteiger partial charge in [-0.05, 0) is 23.6 Å². The molecule has 1 aliphatic rings. The third-order valence-corrected chi connectivity index (χ3v) is 3.28. The molecule has 1 saturated heterocycles. The number of alkyl halides is 2. The molecular weight excluding hydrogens is 298 g/mol. The second-order valence-corrected chi connectivity index (χ2v) is 4.70. The number of hydrogen-bond donors (Lipinski definition) is 0. The summed E-state index contributed by atoms with van der Waals surface area (Å²) in [6.07, 6.45) is 0.274. The number of ether oxygens (including phenoxy) is 2. The number of nitrogens with zero attached hydrogens (tertiary/aromatic N) is 4. The van der Waals surface area contributed by atoms with Gasteiger partial charge in [-0.2, -0.15) is 8.78 Å². The summed E-state index contributed by atoms with van der Waals surface area (Å²) in [6.45, 7) is -2.32. The van der Waals surface area contributed by atoms with Crippen LogP contribution in [0.5, 0.6) is 11.5 Å². The number of carbonyl (C=O) groups excluding carboxylic acids is 1. The zero-order valence-electron chi connectivity index (χ0n) is 11.8. The molecule has 0 bridgehead atoms. The van der Waals surface area contributed by atoms with Crippen molar-refractivity contribution in [2.24, 2.45) is 11.0 Å². The van der Waals surface area contributed by atoms with Crippen molar-refractivity contribution in [1.29, 1.82) is 0 Å². The van der Waals surface area contributed by atoms with Crippen LogP contribution in [0.1, 0.15) is 6.42 Å². The van der Waals surface area contributed by atoms with Gasteiger partial charge in [0, 0.05) is 36.2 Å². The van der Waals surface area contributed by atoms with Gasteiger partial charge in [-0.25, -0.2) is 0 Å². The van der Waals surface area contributed by atoms with Crippen LogP contribution >= 0.6 is 0 Å². The quantitative estimate of drug-likeness (QED) is 0.459. The molecule has 1 atom stereocenters. The molecule has 1 fully saturated rings. The highest BCUT2D eigenvalue weighted by Gasteiger charge is 2.30. The second-order valence-electron chi connectivity index (χ2n) is 4.70. The van der Waals surface area contributed by atoms with E-state index in [1.54, 1.807) is 0 Å². The topological polar surface area (TPSA) is 87.5 Å². The van der Waals surface area contributed by atoms with Crippen LogP contribution in [0.4, 0.5) is 14.5 Å². The summed E-state index contributed by atoms with van der Waals surface area (Å²) >= 11 is 0. The highest BCUT2D eigenvalue weighted by atomic mass is 19.3. The fourth-order valence-electron chi connectivity index (χ4n) is 2.32. The standard InChI is InChI=1S/C13H14F2N4O3/c1-21-11-5-9(2-3-10(11)22-13(14)15)19-7-8(4-12(19)20)6-17-18-16/h2-3,5,8,13H,4,6-7H2,1H3. The molecule has 0 aliphatic carbocycles. The molecule has 0 saturated carbocycles. The van der Waals surface area contributed by atoms with E-state index in [-0.39, 0.29) is 36.3 Å². The van der Waals surface area contributed by atoms with Crippen LogP contribution in [0.3, 0.4) is 0 Å². The molecule has 1 aromatic carbocycles. The van der Waals surface area contributed by atoms with Gasteiger partial charge in [-0.15, -0.1) is 0 Å². The van der Waals surface area contributed by atoms with Crippen molar-refractivity contribution >= 4 is 11.6 Å². The first-order valence-electron chi connectivity index (χ1n) is 6.49. The van der Waals surface area contributed by atoms with Crippen LogP contribution < -0.4 is 14.4 Å². The van der Waals surface area contributed by atoms with Crippen molar-refractivity contribution in [2.45, 2.75) is 13.0 Å². The Bertz CT molecular complexity index is 605. The molecule has 0 spiro atoms. The van der Waals surface area contributed by atoms with E-state index in [4.69, 9.17) is 10.3 Å². The predicted molar refractivity (Wildman–Crippen MR) is 74.1 cm³/mol. The fraction of sp³-hybridized carbons (Fsp3) is 0.462. The summed E-state index contributed by atoms with van der Waals surface area (Å²) in [5.74, 6) is -0.170. The number of azide groups is 1. The summed E-state index contributed by atoms with van der Waals surface area (Å²) < 4.78 is 33.9. The van der Waals surface area contributed by atoms with Gasteiger partial charge in [0.1, 0.15) is 0 Å². The summed E-state index contributed by atoms with van der Waals surface area (Å²) in [6, 6.07) is 4.30. The molecule has 7 nitrogen and oxygen atoms in total. The minimum atomic E-state index is -2.96. The summed E-state index contributed by atoms with van der Waals surface area (Å²) in [7, 11) is 1.33. The number of rotatable bonds is 6. The van der Waals surface area contributed by atoms with Gasteiger partial charge >= 0.3 is 6.61 Å². The Hall–Kier alpha value is -2.54. The van der Waals surface area contributed by atoms with E-state index in [1.807, 2.05) is 0 Å². The lowest BCUT2D eigenvalue weighted by molar-refractivity contribution is -0.117. The molecule has 1 aromatic rings. The van der Waals surface area contributed by atoms with Crippen LogP contribution in [0.2, 0.25) is 0 Å². The van der Waals surface area contributed by atoms with Gasteiger partial charge in [0.15, 0.2) is 11.5 Å². The van der Waals surface area contributed by atoms with Crippen LogP contribution in [-0.2, 0) is 4.79 Å². The van der Waals surface area contributed by atoms with Crippen LogP contribution in [0.25, 0.3) is 10.4 Å². The van der Waals surface area contributed by atoms with Crippen molar-refractivity contribution in [3.8, 4) is 11.5 Å².